The number of benzene rings is 1. The summed E-state index contributed by atoms with van der Waals surface area (Å²) in [5, 5.41) is 18.4. The molecule has 1 heterocycles. The van der Waals surface area contributed by atoms with Crippen LogP contribution in [-0.4, -0.2) is 19.9 Å². The zero-order valence-corrected chi connectivity index (χ0v) is 12.3. The summed E-state index contributed by atoms with van der Waals surface area (Å²) < 4.78 is 2.05. The first-order chi connectivity index (χ1) is 9.11. The van der Waals surface area contributed by atoms with Crippen molar-refractivity contribution in [3.05, 3.63) is 41.2 Å². The van der Waals surface area contributed by atoms with Crippen molar-refractivity contribution in [2.45, 2.75) is 37.3 Å². The third-order valence-electron chi connectivity index (χ3n) is 2.96. The van der Waals surface area contributed by atoms with Crippen molar-refractivity contribution in [2.24, 2.45) is 7.05 Å². The van der Waals surface area contributed by atoms with E-state index in [4.69, 9.17) is 5.11 Å². The van der Waals surface area contributed by atoms with Gasteiger partial charge in [0.15, 0.2) is 5.16 Å². The Bertz CT molecular complexity index is 534. The molecule has 1 N–H and O–H groups in total. The summed E-state index contributed by atoms with van der Waals surface area (Å²) in [6.45, 7) is 4.33. The van der Waals surface area contributed by atoms with Crippen molar-refractivity contribution in [2.75, 3.05) is 0 Å². The van der Waals surface area contributed by atoms with Crippen molar-refractivity contribution in [3.8, 4) is 0 Å². The molecule has 0 aliphatic rings. The maximum Gasteiger partial charge on any atom is 0.191 e. The Labute approximate surface area is 117 Å². The molecular weight excluding hydrogens is 258 g/mol. The highest BCUT2D eigenvalue weighted by molar-refractivity contribution is 7.98. The molecular formula is C14H19N3OS. The summed E-state index contributed by atoms with van der Waals surface area (Å²) >= 11 is 1.68. The lowest BCUT2D eigenvalue weighted by atomic mass is 10.2. The van der Waals surface area contributed by atoms with Gasteiger partial charge in [0.2, 0.25) is 0 Å². The first-order valence-electron chi connectivity index (χ1n) is 6.32. The van der Waals surface area contributed by atoms with Crippen molar-refractivity contribution in [1.29, 1.82) is 0 Å². The number of aromatic nitrogens is 3. The number of nitrogens with zero attached hydrogens (tertiary/aromatic N) is 3. The van der Waals surface area contributed by atoms with Crippen LogP contribution in [0.15, 0.2) is 29.4 Å². The average molecular weight is 277 g/mol. The van der Waals surface area contributed by atoms with E-state index >= 15 is 0 Å². The topological polar surface area (TPSA) is 50.9 Å². The van der Waals surface area contributed by atoms with Crippen molar-refractivity contribution >= 4 is 11.8 Å². The van der Waals surface area contributed by atoms with Crippen molar-refractivity contribution < 1.29 is 5.11 Å². The van der Waals surface area contributed by atoms with Gasteiger partial charge in [-0.05, 0) is 11.1 Å². The van der Waals surface area contributed by atoms with Crippen LogP contribution in [0.5, 0.6) is 0 Å². The predicted molar refractivity (Wildman–Crippen MR) is 77.0 cm³/mol. The first kappa shape index (κ1) is 14.1. The fourth-order valence-electron chi connectivity index (χ4n) is 1.84. The molecule has 0 aliphatic heterocycles. The number of thioether (sulfide) groups is 1. The Balaban J connectivity index is 2.02. The van der Waals surface area contributed by atoms with E-state index in [0.717, 1.165) is 22.3 Å². The summed E-state index contributed by atoms with van der Waals surface area (Å²) in [4.78, 5) is 0. The maximum absolute atomic E-state index is 9.00. The van der Waals surface area contributed by atoms with Gasteiger partial charge in [0, 0.05) is 18.7 Å². The van der Waals surface area contributed by atoms with Gasteiger partial charge in [-0.2, -0.15) is 0 Å². The number of hydrogen-bond acceptors (Lipinski definition) is 4. The highest BCUT2D eigenvalue weighted by Gasteiger charge is 2.11. The van der Waals surface area contributed by atoms with Crippen LogP contribution in [0.3, 0.4) is 0 Å². The summed E-state index contributed by atoms with van der Waals surface area (Å²) in [5.74, 6) is 2.25. The molecule has 2 aromatic rings. The van der Waals surface area contributed by atoms with Crippen LogP contribution in [0.2, 0.25) is 0 Å². The van der Waals surface area contributed by atoms with E-state index in [1.807, 2.05) is 31.3 Å². The third kappa shape index (κ3) is 3.36. The van der Waals surface area contributed by atoms with Gasteiger partial charge in [0.1, 0.15) is 5.82 Å². The lowest BCUT2D eigenvalue weighted by Gasteiger charge is -2.06. The molecule has 0 amide bonds. The Kier molecular flexibility index (Phi) is 4.61. The quantitative estimate of drug-likeness (QED) is 0.854. The van der Waals surface area contributed by atoms with Gasteiger partial charge in [-0.25, -0.2) is 0 Å². The monoisotopic (exact) mass is 277 g/mol. The molecule has 0 saturated heterocycles. The van der Waals surface area contributed by atoms with E-state index in [0.29, 0.717) is 5.92 Å². The normalized spacial score (nSPS) is 11.2. The van der Waals surface area contributed by atoms with Crippen LogP contribution in [0.4, 0.5) is 0 Å². The van der Waals surface area contributed by atoms with Crippen LogP contribution in [0.1, 0.15) is 36.7 Å². The van der Waals surface area contributed by atoms with Gasteiger partial charge in [-0.3, -0.25) is 0 Å². The first-order valence-corrected chi connectivity index (χ1v) is 7.31. The molecule has 0 radical (unpaired) electrons. The smallest absolute Gasteiger partial charge is 0.191 e. The van der Waals surface area contributed by atoms with E-state index in [1.165, 1.54) is 5.56 Å². The van der Waals surface area contributed by atoms with Crippen LogP contribution in [-0.2, 0) is 19.4 Å². The molecule has 4 nitrogen and oxygen atoms in total. The van der Waals surface area contributed by atoms with Crippen LogP contribution in [0, 0.1) is 0 Å². The number of hydrogen-bond donors (Lipinski definition) is 1. The fourth-order valence-corrected chi connectivity index (χ4v) is 2.72. The Morgan fingerprint density at radius 2 is 1.79 bits per heavy atom. The van der Waals surface area contributed by atoms with Gasteiger partial charge in [0.05, 0.1) is 6.61 Å². The highest BCUT2D eigenvalue weighted by atomic mass is 32.2. The molecule has 19 heavy (non-hydrogen) atoms. The molecule has 0 spiro atoms. The van der Waals surface area contributed by atoms with Crippen LogP contribution < -0.4 is 0 Å². The summed E-state index contributed by atoms with van der Waals surface area (Å²) in [6.07, 6.45) is 0. The summed E-state index contributed by atoms with van der Waals surface area (Å²) in [6, 6.07) is 7.98. The lowest BCUT2D eigenvalue weighted by Crippen LogP contribution is -2.00. The molecule has 0 bridgehead atoms. The molecule has 1 aromatic heterocycles. The minimum absolute atomic E-state index is 0.0917. The van der Waals surface area contributed by atoms with Gasteiger partial charge < -0.3 is 9.67 Å². The molecule has 1 aromatic carbocycles. The van der Waals surface area contributed by atoms with Gasteiger partial charge in [-0.15, -0.1) is 10.2 Å². The second-order valence-electron chi connectivity index (χ2n) is 4.82. The molecule has 5 heteroatoms. The zero-order chi connectivity index (χ0) is 13.8. The minimum Gasteiger partial charge on any atom is -0.392 e. The molecule has 0 aliphatic carbocycles. The molecule has 102 valence electrons. The minimum atomic E-state index is 0.0917. The van der Waals surface area contributed by atoms with E-state index in [-0.39, 0.29) is 6.61 Å². The predicted octanol–water partition coefficient (Wildman–Crippen LogP) is 2.72. The van der Waals surface area contributed by atoms with E-state index in [1.54, 1.807) is 11.8 Å². The average Bonchev–Trinajstić information content (AvgIpc) is 2.78. The largest absolute Gasteiger partial charge is 0.392 e. The molecule has 0 unspecified atom stereocenters. The standard InChI is InChI=1S/C14H19N3OS/c1-10(2)13-15-16-14(17(13)3)19-9-12-6-4-11(8-18)5-7-12/h4-7,10,18H,8-9H2,1-3H3. The second kappa shape index (κ2) is 6.21. The number of rotatable bonds is 5. The molecule has 0 saturated carbocycles. The molecule has 0 fully saturated rings. The zero-order valence-electron chi connectivity index (χ0n) is 11.5. The Morgan fingerprint density at radius 3 is 2.32 bits per heavy atom. The third-order valence-corrected chi connectivity index (χ3v) is 4.05. The van der Waals surface area contributed by atoms with Crippen LogP contribution in [0.25, 0.3) is 0 Å². The summed E-state index contributed by atoms with van der Waals surface area (Å²) in [7, 11) is 2.01. The van der Waals surface area contributed by atoms with Crippen LogP contribution >= 0.6 is 11.8 Å². The molecule has 2 rings (SSSR count). The SMILES string of the molecule is CC(C)c1nnc(SCc2ccc(CO)cc2)n1C. The highest BCUT2D eigenvalue weighted by Crippen LogP contribution is 2.23. The Hall–Kier alpha value is -1.33. The summed E-state index contributed by atoms with van der Waals surface area (Å²) in [5.41, 5.74) is 2.16. The fraction of sp³-hybridized carbons (Fsp3) is 0.429. The van der Waals surface area contributed by atoms with Crippen molar-refractivity contribution in [3.63, 3.8) is 0 Å². The Morgan fingerprint density at radius 1 is 1.16 bits per heavy atom. The molecule has 0 atom stereocenters. The number of aliphatic hydroxyl groups is 1. The maximum atomic E-state index is 9.00. The van der Waals surface area contributed by atoms with Gasteiger partial charge >= 0.3 is 0 Å². The van der Waals surface area contributed by atoms with Gasteiger partial charge in [0.25, 0.3) is 0 Å². The number of aliphatic hydroxyl groups excluding tert-OH is 1. The van der Waals surface area contributed by atoms with Gasteiger partial charge in [-0.1, -0.05) is 49.9 Å². The lowest BCUT2D eigenvalue weighted by molar-refractivity contribution is 0.282. The van der Waals surface area contributed by atoms with E-state index in [9.17, 15) is 0 Å². The van der Waals surface area contributed by atoms with Crippen molar-refractivity contribution in [1.82, 2.24) is 14.8 Å². The van der Waals surface area contributed by atoms with E-state index < -0.39 is 0 Å². The second-order valence-corrected chi connectivity index (χ2v) is 5.76. The van der Waals surface area contributed by atoms with E-state index in [2.05, 4.69) is 28.6 Å².